The molecule has 0 fully saturated rings. The molecule has 0 saturated heterocycles. The Morgan fingerprint density at radius 3 is 2.95 bits per heavy atom. The van der Waals surface area contributed by atoms with Crippen molar-refractivity contribution < 1.29 is 9.13 Å². The molecule has 8 heteroatoms. The summed E-state index contributed by atoms with van der Waals surface area (Å²) in [5.41, 5.74) is 0.735. The molecule has 2 aromatic heterocycles. The number of aromatic nitrogens is 4. The van der Waals surface area contributed by atoms with E-state index in [1.165, 1.54) is 6.34 Å². The minimum atomic E-state index is -0.603. The highest BCUT2D eigenvalue weighted by molar-refractivity contribution is 5.59. The topological polar surface area (TPSA) is 68.4 Å². The molecule has 2 aromatic rings. The largest absolute Gasteiger partial charge is 0.457 e. The fourth-order valence-corrected chi connectivity index (χ4v) is 1.35. The van der Waals surface area contributed by atoms with Crippen molar-refractivity contribution in [3.8, 4) is 6.01 Å². The van der Waals surface area contributed by atoms with Gasteiger partial charge in [-0.05, 0) is 6.07 Å². The first kappa shape index (κ1) is 13.9. The number of nitrogens with zero attached hydrogens (tertiary/aromatic N) is 6. The van der Waals surface area contributed by atoms with Crippen LogP contribution in [0.15, 0.2) is 23.5 Å². The Bertz CT molecular complexity index is 610. The lowest BCUT2D eigenvalue weighted by atomic mass is 10.5. The third-order valence-electron chi connectivity index (χ3n) is 2.23. The molecule has 0 amide bonds. The maximum Gasteiger partial charge on any atom is 0.318 e. The number of hydrogen-bond acceptors (Lipinski definition) is 5. The highest BCUT2D eigenvalue weighted by Gasteiger charge is 2.07. The molecule has 2 rings (SSSR count). The molecule has 0 N–H and O–H groups in total. The van der Waals surface area contributed by atoms with E-state index in [4.69, 9.17) is 4.74 Å². The maximum atomic E-state index is 13.5. The van der Waals surface area contributed by atoms with Crippen molar-refractivity contribution in [3.63, 3.8) is 0 Å². The molecule has 106 valence electrons. The Morgan fingerprint density at radius 1 is 1.50 bits per heavy atom. The quantitative estimate of drug-likeness (QED) is 0.606. The van der Waals surface area contributed by atoms with E-state index in [-0.39, 0.29) is 18.4 Å². The van der Waals surface area contributed by atoms with Gasteiger partial charge in [-0.25, -0.2) is 14.4 Å². The number of hydrogen-bond donors (Lipinski definition) is 0. The fourth-order valence-electron chi connectivity index (χ4n) is 1.35. The molecule has 0 aliphatic rings. The van der Waals surface area contributed by atoms with Gasteiger partial charge in [0.2, 0.25) is 0 Å². The van der Waals surface area contributed by atoms with Crippen molar-refractivity contribution in [2.24, 2.45) is 12.0 Å². The van der Waals surface area contributed by atoms with Crippen LogP contribution in [-0.2, 0) is 13.7 Å². The molecule has 0 unspecified atom stereocenters. The first-order chi connectivity index (χ1) is 9.54. The van der Waals surface area contributed by atoms with E-state index in [0.717, 1.165) is 11.9 Å². The highest BCUT2D eigenvalue weighted by atomic mass is 19.1. The summed E-state index contributed by atoms with van der Waals surface area (Å²) in [5, 5.41) is 4.15. The summed E-state index contributed by atoms with van der Waals surface area (Å²) >= 11 is 0. The molecule has 0 atom stereocenters. The summed E-state index contributed by atoms with van der Waals surface area (Å²) < 4.78 is 20.5. The van der Waals surface area contributed by atoms with Crippen LogP contribution in [0.5, 0.6) is 6.01 Å². The molecule has 0 saturated carbocycles. The third-order valence-corrected chi connectivity index (χ3v) is 2.23. The monoisotopic (exact) mass is 278 g/mol. The molecular weight excluding hydrogens is 263 g/mol. The molecule has 20 heavy (non-hydrogen) atoms. The van der Waals surface area contributed by atoms with Crippen molar-refractivity contribution in [2.45, 2.75) is 6.61 Å². The van der Waals surface area contributed by atoms with Crippen LogP contribution >= 0.6 is 0 Å². The second-order valence-corrected chi connectivity index (χ2v) is 4.30. The Hall–Kier alpha value is -2.51. The summed E-state index contributed by atoms with van der Waals surface area (Å²) in [6.07, 6.45) is 4.29. The number of aryl methyl sites for hydroxylation is 1. The summed E-state index contributed by atoms with van der Waals surface area (Å²) in [4.78, 5) is 13.2. The van der Waals surface area contributed by atoms with Crippen LogP contribution in [0.1, 0.15) is 5.69 Å². The zero-order valence-corrected chi connectivity index (χ0v) is 11.5. The lowest BCUT2D eigenvalue weighted by molar-refractivity contribution is 0.274. The Morgan fingerprint density at radius 2 is 2.30 bits per heavy atom. The summed E-state index contributed by atoms with van der Waals surface area (Å²) in [6, 6.07) is 1.87. The Labute approximate surface area is 115 Å². The highest BCUT2D eigenvalue weighted by Crippen LogP contribution is 2.16. The van der Waals surface area contributed by atoms with Gasteiger partial charge in [-0.2, -0.15) is 10.1 Å². The lowest BCUT2D eigenvalue weighted by Gasteiger charge is -2.05. The molecule has 0 aliphatic carbocycles. The van der Waals surface area contributed by atoms with Gasteiger partial charge in [0.15, 0.2) is 11.6 Å². The molecule has 0 aromatic carbocycles. The van der Waals surface area contributed by atoms with Crippen LogP contribution in [-0.4, -0.2) is 45.1 Å². The minimum Gasteiger partial charge on any atom is -0.457 e. The molecule has 7 nitrogen and oxygen atoms in total. The number of aliphatic imine (C=N–C) groups is 1. The van der Waals surface area contributed by atoms with Gasteiger partial charge in [0.1, 0.15) is 6.61 Å². The van der Waals surface area contributed by atoms with Crippen molar-refractivity contribution in [2.75, 3.05) is 14.1 Å². The summed E-state index contributed by atoms with van der Waals surface area (Å²) in [5.74, 6) is -0.669. The second kappa shape index (κ2) is 6.09. The Kier molecular flexibility index (Phi) is 4.24. The van der Waals surface area contributed by atoms with E-state index in [9.17, 15) is 4.39 Å². The molecule has 0 spiro atoms. The van der Waals surface area contributed by atoms with Gasteiger partial charge in [0, 0.05) is 27.3 Å². The van der Waals surface area contributed by atoms with E-state index in [2.05, 4.69) is 20.1 Å². The number of ether oxygens (including phenoxy) is 1. The van der Waals surface area contributed by atoms with Crippen molar-refractivity contribution in [3.05, 3.63) is 30.0 Å². The Balaban J connectivity index is 2.07. The average Bonchev–Trinajstić information content (AvgIpc) is 2.82. The SMILES string of the molecule is CN(C)/C=N/c1nc(OCc2ccn(C)n2)ncc1F. The van der Waals surface area contributed by atoms with Gasteiger partial charge >= 0.3 is 6.01 Å². The van der Waals surface area contributed by atoms with Crippen LogP contribution in [0.2, 0.25) is 0 Å². The summed E-state index contributed by atoms with van der Waals surface area (Å²) in [6.45, 7) is 0.212. The van der Waals surface area contributed by atoms with E-state index < -0.39 is 5.82 Å². The van der Waals surface area contributed by atoms with Crippen LogP contribution in [0.25, 0.3) is 0 Å². The van der Waals surface area contributed by atoms with Crippen LogP contribution < -0.4 is 4.74 Å². The maximum absolute atomic E-state index is 13.5. The van der Waals surface area contributed by atoms with Crippen LogP contribution in [0.3, 0.4) is 0 Å². The minimum absolute atomic E-state index is 0.0583. The fraction of sp³-hybridized carbons (Fsp3) is 0.333. The van der Waals surface area contributed by atoms with Gasteiger partial charge in [0.05, 0.1) is 18.2 Å². The van der Waals surface area contributed by atoms with E-state index in [0.29, 0.717) is 0 Å². The summed E-state index contributed by atoms with van der Waals surface area (Å²) in [7, 11) is 5.37. The van der Waals surface area contributed by atoms with Crippen molar-refractivity contribution in [1.29, 1.82) is 0 Å². The molecule has 2 heterocycles. The standard InChI is InChI=1S/C12H15FN6O/c1-18(2)8-15-11-10(13)6-14-12(16-11)20-7-9-4-5-19(3)17-9/h4-6,8H,7H2,1-3H3/b15-8+. The zero-order chi connectivity index (χ0) is 14.5. The van der Waals surface area contributed by atoms with Crippen LogP contribution in [0.4, 0.5) is 10.2 Å². The predicted molar refractivity (Wildman–Crippen MR) is 71.4 cm³/mol. The van der Waals surface area contributed by atoms with Crippen LogP contribution in [0, 0.1) is 5.82 Å². The number of rotatable bonds is 5. The lowest BCUT2D eigenvalue weighted by Crippen LogP contribution is -2.07. The normalized spacial score (nSPS) is 11.0. The van der Waals surface area contributed by atoms with E-state index >= 15 is 0 Å². The van der Waals surface area contributed by atoms with E-state index in [1.54, 1.807) is 29.9 Å². The van der Waals surface area contributed by atoms with Gasteiger partial charge < -0.3 is 9.64 Å². The van der Waals surface area contributed by atoms with Crippen molar-refractivity contribution >= 4 is 12.2 Å². The first-order valence-electron chi connectivity index (χ1n) is 5.89. The van der Waals surface area contributed by atoms with Gasteiger partial charge in [-0.1, -0.05) is 0 Å². The average molecular weight is 278 g/mol. The van der Waals surface area contributed by atoms with Crippen molar-refractivity contribution in [1.82, 2.24) is 24.6 Å². The molecule has 0 radical (unpaired) electrons. The third kappa shape index (κ3) is 3.74. The molecule has 0 bridgehead atoms. The second-order valence-electron chi connectivity index (χ2n) is 4.30. The van der Waals surface area contributed by atoms with Gasteiger partial charge in [-0.15, -0.1) is 0 Å². The molecular formula is C12H15FN6O. The zero-order valence-electron chi connectivity index (χ0n) is 11.5. The smallest absolute Gasteiger partial charge is 0.318 e. The first-order valence-corrected chi connectivity index (χ1v) is 5.89. The van der Waals surface area contributed by atoms with E-state index in [1.807, 2.05) is 13.1 Å². The number of halogens is 1. The predicted octanol–water partition coefficient (Wildman–Crippen LogP) is 1.15. The van der Waals surface area contributed by atoms with Gasteiger partial charge in [-0.3, -0.25) is 4.68 Å². The molecule has 0 aliphatic heterocycles. The van der Waals surface area contributed by atoms with Gasteiger partial charge in [0.25, 0.3) is 0 Å².